The van der Waals surface area contributed by atoms with Gasteiger partial charge in [0.1, 0.15) is 0 Å². The van der Waals surface area contributed by atoms with Crippen LogP contribution < -0.4 is 11.1 Å². The molecule has 16 heavy (non-hydrogen) atoms. The SMILES string of the molecule is Cc1[nH]nc(C(=O)NC(C)CC(C)C)c1N. The van der Waals surface area contributed by atoms with E-state index in [9.17, 15) is 4.79 Å². The van der Waals surface area contributed by atoms with E-state index in [1.165, 1.54) is 0 Å². The standard InChI is InChI=1S/C11H20N4O/c1-6(2)5-7(3)13-11(16)10-9(12)8(4)14-15-10/h6-7H,5,12H2,1-4H3,(H,13,16)(H,14,15). The summed E-state index contributed by atoms with van der Waals surface area (Å²) in [5.41, 5.74) is 7.16. The molecule has 1 amide bonds. The van der Waals surface area contributed by atoms with Gasteiger partial charge in [0.2, 0.25) is 0 Å². The number of carbonyl (C=O) groups is 1. The highest BCUT2D eigenvalue weighted by molar-refractivity contribution is 5.97. The number of anilines is 1. The number of nitrogens with two attached hydrogens (primary N) is 1. The summed E-state index contributed by atoms with van der Waals surface area (Å²) in [6, 6.07) is 0.129. The summed E-state index contributed by atoms with van der Waals surface area (Å²) >= 11 is 0. The first-order chi connectivity index (χ1) is 7.41. The molecule has 0 aromatic carbocycles. The van der Waals surface area contributed by atoms with E-state index >= 15 is 0 Å². The lowest BCUT2D eigenvalue weighted by atomic mass is 10.1. The number of nitrogens with one attached hydrogen (secondary N) is 2. The Hall–Kier alpha value is -1.52. The average Bonchev–Trinajstić information content (AvgIpc) is 2.45. The van der Waals surface area contributed by atoms with Crippen molar-refractivity contribution in [1.82, 2.24) is 15.5 Å². The monoisotopic (exact) mass is 224 g/mol. The molecule has 1 aromatic heterocycles. The van der Waals surface area contributed by atoms with E-state index in [0.717, 1.165) is 12.1 Å². The molecule has 1 atom stereocenters. The van der Waals surface area contributed by atoms with Crippen molar-refractivity contribution in [3.05, 3.63) is 11.4 Å². The lowest BCUT2D eigenvalue weighted by Gasteiger charge is -2.15. The first kappa shape index (κ1) is 12.5. The van der Waals surface area contributed by atoms with Gasteiger partial charge < -0.3 is 11.1 Å². The number of aromatic amines is 1. The smallest absolute Gasteiger partial charge is 0.274 e. The molecular formula is C11H20N4O. The summed E-state index contributed by atoms with van der Waals surface area (Å²) in [7, 11) is 0. The third-order valence-corrected chi connectivity index (χ3v) is 2.41. The van der Waals surface area contributed by atoms with Crippen LogP contribution in [0.5, 0.6) is 0 Å². The van der Waals surface area contributed by atoms with Crippen molar-refractivity contribution < 1.29 is 4.79 Å². The lowest BCUT2D eigenvalue weighted by Crippen LogP contribution is -2.34. The summed E-state index contributed by atoms with van der Waals surface area (Å²) in [6.07, 6.45) is 0.940. The Labute approximate surface area is 95.8 Å². The number of amides is 1. The van der Waals surface area contributed by atoms with Crippen LogP contribution in [0.25, 0.3) is 0 Å². The number of nitrogen functional groups attached to an aromatic ring is 1. The Morgan fingerprint density at radius 1 is 1.50 bits per heavy atom. The van der Waals surface area contributed by atoms with Crippen LogP contribution in [0.15, 0.2) is 0 Å². The molecule has 0 saturated carbocycles. The van der Waals surface area contributed by atoms with Gasteiger partial charge in [-0.2, -0.15) is 5.10 Å². The topological polar surface area (TPSA) is 83.8 Å². The molecule has 0 fully saturated rings. The molecule has 1 rings (SSSR count). The van der Waals surface area contributed by atoms with E-state index in [2.05, 4.69) is 29.4 Å². The largest absolute Gasteiger partial charge is 0.395 e. The number of H-pyrrole nitrogens is 1. The molecule has 1 heterocycles. The van der Waals surface area contributed by atoms with E-state index in [0.29, 0.717) is 11.6 Å². The van der Waals surface area contributed by atoms with Crippen LogP contribution in [0.1, 0.15) is 43.4 Å². The predicted octanol–water partition coefficient (Wildman–Crippen LogP) is 1.46. The summed E-state index contributed by atoms with van der Waals surface area (Å²) in [4.78, 5) is 11.8. The number of aryl methyl sites for hydroxylation is 1. The zero-order chi connectivity index (χ0) is 12.3. The molecule has 0 aliphatic heterocycles. The minimum Gasteiger partial charge on any atom is -0.395 e. The van der Waals surface area contributed by atoms with Crippen LogP contribution >= 0.6 is 0 Å². The molecule has 0 bridgehead atoms. The van der Waals surface area contributed by atoms with Gasteiger partial charge in [-0.15, -0.1) is 0 Å². The fraction of sp³-hybridized carbons (Fsp3) is 0.636. The molecule has 0 radical (unpaired) electrons. The lowest BCUT2D eigenvalue weighted by molar-refractivity contribution is 0.0932. The number of hydrogen-bond donors (Lipinski definition) is 3. The van der Waals surface area contributed by atoms with E-state index in [1.807, 2.05) is 6.92 Å². The Kier molecular flexibility index (Phi) is 3.93. The van der Waals surface area contributed by atoms with Crippen LogP contribution in [-0.2, 0) is 0 Å². The summed E-state index contributed by atoms with van der Waals surface area (Å²) in [6.45, 7) is 8.01. The normalized spacial score (nSPS) is 12.8. The van der Waals surface area contributed by atoms with Crippen molar-refractivity contribution in [3.63, 3.8) is 0 Å². The molecule has 5 nitrogen and oxygen atoms in total. The quantitative estimate of drug-likeness (QED) is 0.724. The van der Waals surface area contributed by atoms with Crippen LogP contribution in [0.3, 0.4) is 0 Å². The highest BCUT2D eigenvalue weighted by Gasteiger charge is 2.17. The fourth-order valence-corrected chi connectivity index (χ4v) is 1.67. The van der Waals surface area contributed by atoms with Crippen LogP contribution in [0.4, 0.5) is 5.69 Å². The molecular weight excluding hydrogens is 204 g/mol. The molecule has 0 aliphatic carbocycles. The maximum absolute atomic E-state index is 11.8. The third-order valence-electron chi connectivity index (χ3n) is 2.41. The van der Waals surface area contributed by atoms with Gasteiger partial charge in [0.25, 0.3) is 5.91 Å². The highest BCUT2D eigenvalue weighted by Crippen LogP contribution is 2.13. The van der Waals surface area contributed by atoms with Gasteiger partial charge in [0, 0.05) is 6.04 Å². The number of nitrogens with zero attached hydrogens (tertiary/aromatic N) is 1. The van der Waals surface area contributed by atoms with Gasteiger partial charge >= 0.3 is 0 Å². The van der Waals surface area contributed by atoms with Crippen molar-refractivity contribution in [2.24, 2.45) is 5.92 Å². The second-order valence-corrected chi connectivity index (χ2v) is 4.61. The summed E-state index contributed by atoms with van der Waals surface area (Å²) < 4.78 is 0. The number of carbonyl (C=O) groups excluding carboxylic acids is 1. The van der Waals surface area contributed by atoms with Crippen molar-refractivity contribution >= 4 is 11.6 Å². The average molecular weight is 224 g/mol. The molecule has 90 valence electrons. The molecule has 4 N–H and O–H groups in total. The predicted molar refractivity (Wildman–Crippen MR) is 64.1 cm³/mol. The van der Waals surface area contributed by atoms with Crippen LogP contribution in [0, 0.1) is 12.8 Å². The van der Waals surface area contributed by atoms with E-state index < -0.39 is 0 Å². The Morgan fingerprint density at radius 3 is 2.56 bits per heavy atom. The van der Waals surface area contributed by atoms with Crippen molar-refractivity contribution in [1.29, 1.82) is 0 Å². The zero-order valence-electron chi connectivity index (χ0n) is 10.3. The first-order valence-corrected chi connectivity index (χ1v) is 5.53. The van der Waals surface area contributed by atoms with E-state index in [1.54, 1.807) is 6.92 Å². The second-order valence-electron chi connectivity index (χ2n) is 4.61. The van der Waals surface area contributed by atoms with Crippen LogP contribution in [0.2, 0.25) is 0 Å². The van der Waals surface area contributed by atoms with Crippen LogP contribution in [-0.4, -0.2) is 22.1 Å². The minimum atomic E-state index is -0.213. The molecule has 1 unspecified atom stereocenters. The molecule has 0 aliphatic rings. The number of hydrogen-bond acceptors (Lipinski definition) is 3. The molecule has 1 aromatic rings. The summed E-state index contributed by atoms with van der Waals surface area (Å²) in [5, 5.41) is 9.46. The van der Waals surface area contributed by atoms with Gasteiger partial charge in [0.15, 0.2) is 5.69 Å². The molecule has 5 heteroatoms. The molecule has 0 saturated heterocycles. The number of rotatable bonds is 4. The van der Waals surface area contributed by atoms with Gasteiger partial charge in [-0.1, -0.05) is 13.8 Å². The van der Waals surface area contributed by atoms with Crippen molar-refractivity contribution in [3.8, 4) is 0 Å². The van der Waals surface area contributed by atoms with Crippen molar-refractivity contribution in [2.75, 3.05) is 5.73 Å². The maximum Gasteiger partial charge on any atom is 0.274 e. The van der Waals surface area contributed by atoms with E-state index in [-0.39, 0.29) is 17.6 Å². The molecule has 0 spiro atoms. The Morgan fingerprint density at radius 2 is 2.12 bits per heavy atom. The first-order valence-electron chi connectivity index (χ1n) is 5.53. The third kappa shape index (κ3) is 2.98. The fourth-order valence-electron chi connectivity index (χ4n) is 1.67. The van der Waals surface area contributed by atoms with Gasteiger partial charge in [0.05, 0.1) is 11.4 Å². The maximum atomic E-state index is 11.8. The zero-order valence-corrected chi connectivity index (χ0v) is 10.3. The van der Waals surface area contributed by atoms with Gasteiger partial charge in [-0.05, 0) is 26.2 Å². The highest BCUT2D eigenvalue weighted by atomic mass is 16.2. The second kappa shape index (κ2) is 5.01. The van der Waals surface area contributed by atoms with Gasteiger partial charge in [-0.25, -0.2) is 0 Å². The Balaban J connectivity index is 2.62. The van der Waals surface area contributed by atoms with Gasteiger partial charge in [-0.3, -0.25) is 9.89 Å². The minimum absolute atomic E-state index is 0.129. The Bertz CT molecular complexity index is 370. The number of aromatic nitrogens is 2. The van der Waals surface area contributed by atoms with Crippen molar-refractivity contribution in [2.45, 2.75) is 40.2 Å². The van der Waals surface area contributed by atoms with E-state index in [4.69, 9.17) is 5.73 Å². The summed E-state index contributed by atoms with van der Waals surface area (Å²) in [5.74, 6) is 0.337.